The monoisotopic (exact) mass is 569 g/mol. The number of amides is 1. The summed E-state index contributed by atoms with van der Waals surface area (Å²) in [6.45, 7) is 7.83. The van der Waals surface area contributed by atoms with Crippen LogP contribution in [0.4, 0.5) is 5.69 Å². The Morgan fingerprint density at radius 1 is 0.976 bits per heavy atom. The number of nitrogens with zero attached hydrogens (tertiary/aromatic N) is 2. The van der Waals surface area contributed by atoms with E-state index >= 15 is 0 Å². The number of rotatable bonds is 9. The van der Waals surface area contributed by atoms with E-state index in [2.05, 4.69) is 21.2 Å². The quantitative estimate of drug-likeness (QED) is 0.177. The minimum atomic E-state index is -0.548. The first-order valence-electron chi connectivity index (χ1n) is 14.1. The number of esters is 1. The molecule has 1 N–H and O–H groups in total. The first kappa shape index (κ1) is 28.9. The van der Waals surface area contributed by atoms with Crippen molar-refractivity contribution in [2.75, 3.05) is 51.3 Å². The highest BCUT2D eigenvalue weighted by Crippen LogP contribution is 2.31. The summed E-state index contributed by atoms with van der Waals surface area (Å²) < 4.78 is 17.0. The lowest BCUT2D eigenvalue weighted by Crippen LogP contribution is -2.47. The lowest BCUT2D eigenvalue weighted by atomic mass is 10.0. The number of methoxy groups -OCH3 is 1. The molecule has 9 heteroatoms. The van der Waals surface area contributed by atoms with Crippen molar-refractivity contribution in [2.24, 2.45) is 0 Å². The molecule has 2 heterocycles. The zero-order valence-corrected chi connectivity index (χ0v) is 24.1. The molecule has 1 aliphatic heterocycles. The summed E-state index contributed by atoms with van der Waals surface area (Å²) in [4.78, 5) is 43.2. The van der Waals surface area contributed by atoms with Crippen LogP contribution in [0.3, 0.4) is 0 Å². The van der Waals surface area contributed by atoms with Crippen molar-refractivity contribution >= 4 is 28.5 Å². The second-order valence-corrected chi connectivity index (χ2v) is 10.3. The van der Waals surface area contributed by atoms with Gasteiger partial charge in [-0.2, -0.15) is 0 Å². The summed E-state index contributed by atoms with van der Waals surface area (Å²) in [7, 11) is 1.69. The standard InChI is InChI=1S/C33H35N3O6/c1-22-30(38)26-20-25(41-23(2)37)21-27(32(26)42-31(22)24-10-5-4-6-11-24)33(39)34-14-9-15-35-16-18-36(19-17-35)28-12-7-8-13-29(28)40-3/h4-8,10-13,20-21H,9,14-19H2,1-3H3,(H,34,39). The van der Waals surface area contributed by atoms with Gasteiger partial charge in [-0.05, 0) is 44.2 Å². The van der Waals surface area contributed by atoms with Crippen LogP contribution < -0.4 is 25.1 Å². The van der Waals surface area contributed by atoms with E-state index in [-0.39, 0.29) is 27.7 Å². The fourth-order valence-electron chi connectivity index (χ4n) is 5.33. The number of benzene rings is 3. The van der Waals surface area contributed by atoms with Gasteiger partial charge in [0.1, 0.15) is 17.3 Å². The number of ether oxygens (including phenoxy) is 2. The van der Waals surface area contributed by atoms with Gasteiger partial charge in [0.15, 0.2) is 11.0 Å². The van der Waals surface area contributed by atoms with Gasteiger partial charge < -0.3 is 24.1 Å². The summed E-state index contributed by atoms with van der Waals surface area (Å²) >= 11 is 0. The van der Waals surface area contributed by atoms with Crippen LogP contribution in [0, 0.1) is 6.92 Å². The fourth-order valence-corrected chi connectivity index (χ4v) is 5.33. The van der Waals surface area contributed by atoms with Crippen LogP contribution in [0.25, 0.3) is 22.3 Å². The predicted molar refractivity (Wildman–Crippen MR) is 163 cm³/mol. The van der Waals surface area contributed by atoms with E-state index in [1.165, 1.54) is 19.1 Å². The van der Waals surface area contributed by atoms with Gasteiger partial charge >= 0.3 is 5.97 Å². The predicted octanol–water partition coefficient (Wildman–Crippen LogP) is 4.64. The summed E-state index contributed by atoms with van der Waals surface area (Å²) in [6.07, 6.45) is 0.750. The largest absolute Gasteiger partial charge is 0.495 e. The summed E-state index contributed by atoms with van der Waals surface area (Å²) in [5, 5.41) is 3.14. The lowest BCUT2D eigenvalue weighted by Gasteiger charge is -2.36. The van der Waals surface area contributed by atoms with E-state index in [9.17, 15) is 14.4 Å². The molecule has 1 saturated heterocycles. The van der Waals surface area contributed by atoms with Crippen LogP contribution in [0.5, 0.6) is 11.5 Å². The molecule has 4 aromatic rings. The molecule has 0 radical (unpaired) electrons. The summed E-state index contributed by atoms with van der Waals surface area (Å²) in [5.74, 6) is 0.442. The molecule has 0 aliphatic carbocycles. The van der Waals surface area contributed by atoms with Crippen molar-refractivity contribution in [1.82, 2.24) is 10.2 Å². The van der Waals surface area contributed by atoms with Gasteiger partial charge in [-0.3, -0.25) is 19.3 Å². The van der Waals surface area contributed by atoms with Gasteiger partial charge in [-0.15, -0.1) is 0 Å². The third-order valence-corrected chi connectivity index (χ3v) is 7.47. The molecule has 0 unspecified atom stereocenters. The topological polar surface area (TPSA) is 101 Å². The smallest absolute Gasteiger partial charge is 0.308 e. The molecule has 218 valence electrons. The van der Waals surface area contributed by atoms with Crippen LogP contribution in [-0.2, 0) is 4.79 Å². The van der Waals surface area contributed by atoms with Gasteiger partial charge in [-0.1, -0.05) is 42.5 Å². The van der Waals surface area contributed by atoms with Crippen LogP contribution >= 0.6 is 0 Å². The average molecular weight is 570 g/mol. The Labute approximate surface area is 244 Å². The second-order valence-electron chi connectivity index (χ2n) is 10.3. The first-order chi connectivity index (χ1) is 20.4. The van der Waals surface area contributed by atoms with Gasteiger partial charge in [0, 0.05) is 50.8 Å². The third kappa shape index (κ3) is 6.31. The maximum absolute atomic E-state index is 13.4. The maximum atomic E-state index is 13.4. The summed E-state index contributed by atoms with van der Waals surface area (Å²) in [5.41, 5.74) is 2.26. The third-order valence-electron chi connectivity index (χ3n) is 7.47. The number of nitrogens with one attached hydrogen (secondary N) is 1. The van der Waals surface area contributed by atoms with Gasteiger partial charge in [0.2, 0.25) is 0 Å². The van der Waals surface area contributed by atoms with E-state index in [1.807, 2.05) is 48.5 Å². The van der Waals surface area contributed by atoms with E-state index in [4.69, 9.17) is 13.9 Å². The number of carbonyl (C=O) groups is 2. The molecular formula is C33H35N3O6. The van der Waals surface area contributed by atoms with Crippen molar-refractivity contribution in [2.45, 2.75) is 20.3 Å². The Hall–Kier alpha value is -4.63. The van der Waals surface area contributed by atoms with Crippen LogP contribution in [0.15, 0.2) is 75.9 Å². The lowest BCUT2D eigenvalue weighted by molar-refractivity contribution is -0.131. The minimum absolute atomic E-state index is 0.118. The Bertz CT molecular complexity index is 1640. The molecule has 3 aromatic carbocycles. The van der Waals surface area contributed by atoms with Crippen molar-refractivity contribution in [3.63, 3.8) is 0 Å². The first-order valence-corrected chi connectivity index (χ1v) is 14.1. The normalized spacial score (nSPS) is 13.6. The second kappa shape index (κ2) is 12.9. The maximum Gasteiger partial charge on any atom is 0.308 e. The zero-order chi connectivity index (χ0) is 29.6. The average Bonchev–Trinajstić information content (AvgIpc) is 3.01. The molecule has 1 aromatic heterocycles. The number of carbonyl (C=O) groups excluding carboxylic acids is 2. The number of fused-ring (bicyclic) bond motifs is 1. The Balaban J connectivity index is 1.27. The molecule has 5 rings (SSSR count). The highest BCUT2D eigenvalue weighted by molar-refractivity contribution is 6.06. The molecule has 0 bridgehead atoms. The number of para-hydroxylation sites is 2. The van der Waals surface area contributed by atoms with E-state index in [0.29, 0.717) is 17.9 Å². The molecule has 9 nitrogen and oxygen atoms in total. The van der Waals surface area contributed by atoms with Crippen LogP contribution in [-0.4, -0.2) is 63.2 Å². The Morgan fingerprint density at radius 2 is 1.69 bits per heavy atom. The summed E-state index contributed by atoms with van der Waals surface area (Å²) in [6, 6.07) is 20.2. The van der Waals surface area contributed by atoms with Crippen molar-refractivity contribution in [3.05, 3.63) is 88.1 Å². The SMILES string of the molecule is COc1ccccc1N1CCN(CCCNC(=O)c2cc(OC(C)=O)cc3c(=O)c(C)c(-c4ccccc4)oc23)CC1. The highest BCUT2D eigenvalue weighted by Gasteiger charge is 2.22. The van der Waals surface area contributed by atoms with Gasteiger partial charge in [0.25, 0.3) is 5.91 Å². The zero-order valence-electron chi connectivity index (χ0n) is 24.1. The molecule has 42 heavy (non-hydrogen) atoms. The molecular weight excluding hydrogens is 534 g/mol. The number of hydrogen-bond acceptors (Lipinski definition) is 8. The van der Waals surface area contributed by atoms with Crippen LogP contribution in [0.1, 0.15) is 29.3 Å². The van der Waals surface area contributed by atoms with E-state index < -0.39 is 11.9 Å². The highest BCUT2D eigenvalue weighted by atomic mass is 16.5. The Kier molecular flexibility index (Phi) is 8.88. The van der Waals surface area contributed by atoms with Crippen molar-refractivity contribution in [3.8, 4) is 22.8 Å². The fraction of sp³-hybridized carbons (Fsp3) is 0.303. The molecule has 1 aliphatic rings. The number of anilines is 1. The number of piperazine rings is 1. The molecule has 0 saturated carbocycles. The minimum Gasteiger partial charge on any atom is -0.495 e. The molecule has 1 fully saturated rings. The number of hydrogen-bond donors (Lipinski definition) is 1. The van der Waals surface area contributed by atoms with E-state index in [1.54, 1.807) is 14.0 Å². The molecule has 0 atom stereocenters. The molecule has 1 amide bonds. The van der Waals surface area contributed by atoms with E-state index in [0.717, 1.165) is 56.1 Å². The van der Waals surface area contributed by atoms with Gasteiger partial charge in [-0.25, -0.2) is 0 Å². The Morgan fingerprint density at radius 3 is 2.40 bits per heavy atom. The van der Waals surface area contributed by atoms with Crippen molar-refractivity contribution in [1.29, 1.82) is 0 Å². The molecule has 0 spiro atoms. The van der Waals surface area contributed by atoms with Crippen LogP contribution in [0.2, 0.25) is 0 Å². The van der Waals surface area contributed by atoms with Crippen molar-refractivity contribution < 1.29 is 23.5 Å². The van der Waals surface area contributed by atoms with Gasteiger partial charge in [0.05, 0.1) is 23.7 Å².